The molecule has 0 N–H and O–H groups in total. The second kappa shape index (κ2) is 7.12. The van der Waals surface area contributed by atoms with E-state index in [1.165, 1.54) is 11.8 Å². The Hall–Kier alpha value is -2.58. The molecule has 4 aromatic rings. The van der Waals surface area contributed by atoms with Crippen molar-refractivity contribution in [3.05, 3.63) is 65.5 Å². The Bertz CT molecular complexity index is 949. The van der Waals surface area contributed by atoms with E-state index < -0.39 is 0 Å². The monoisotopic (exact) mass is 373 g/mol. The van der Waals surface area contributed by atoms with Crippen molar-refractivity contribution in [3.63, 3.8) is 0 Å². The van der Waals surface area contributed by atoms with Crippen LogP contribution in [0.3, 0.4) is 0 Å². The molecule has 7 nitrogen and oxygen atoms in total. The van der Waals surface area contributed by atoms with Gasteiger partial charge in [0.15, 0.2) is 5.76 Å². The normalized spacial score (nSPS) is 11.1. The van der Waals surface area contributed by atoms with Gasteiger partial charge in [-0.2, -0.15) is 0 Å². The third kappa shape index (κ3) is 3.75. The summed E-state index contributed by atoms with van der Waals surface area (Å²) in [7, 11) is 0. The first-order chi connectivity index (χ1) is 12.3. The topological polar surface area (TPSA) is 82.8 Å². The van der Waals surface area contributed by atoms with Crippen LogP contribution in [-0.4, -0.2) is 25.2 Å². The molecule has 0 radical (unpaired) electrons. The number of tetrazole rings is 1. The summed E-state index contributed by atoms with van der Waals surface area (Å²) in [6.07, 6.45) is 3.32. The van der Waals surface area contributed by atoms with Crippen molar-refractivity contribution < 1.29 is 8.83 Å². The standard InChI is InChI=1S/C16H12ClN5O2S/c17-12-5-3-11(4-6-12)14-8-18-15(24-14)10-25-16-19-20-21-22(16)9-13-2-1-7-23-13/h1-8H,9-10H2. The quantitative estimate of drug-likeness (QED) is 0.474. The third-order valence-electron chi connectivity index (χ3n) is 3.39. The van der Waals surface area contributed by atoms with E-state index in [0.29, 0.717) is 34.1 Å². The molecule has 1 aromatic carbocycles. The number of aromatic nitrogens is 5. The van der Waals surface area contributed by atoms with Crippen LogP contribution in [-0.2, 0) is 12.3 Å². The maximum Gasteiger partial charge on any atom is 0.210 e. The Labute approximate surface area is 152 Å². The summed E-state index contributed by atoms with van der Waals surface area (Å²) in [6.45, 7) is 0.476. The Morgan fingerprint density at radius 3 is 2.84 bits per heavy atom. The van der Waals surface area contributed by atoms with Crippen LogP contribution in [0.5, 0.6) is 0 Å². The van der Waals surface area contributed by atoms with Gasteiger partial charge >= 0.3 is 0 Å². The Morgan fingerprint density at radius 2 is 2.04 bits per heavy atom. The number of rotatable bonds is 6. The van der Waals surface area contributed by atoms with Crippen molar-refractivity contribution in [2.75, 3.05) is 0 Å². The van der Waals surface area contributed by atoms with Gasteiger partial charge < -0.3 is 8.83 Å². The minimum absolute atomic E-state index is 0.476. The van der Waals surface area contributed by atoms with E-state index in [-0.39, 0.29) is 0 Å². The zero-order valence-corrected chi connectivity index (χ0v) is 14.4. The number of benzene rings is 1. The van der Waals surface area contributed by atoms with E-state index in [1.807, 2.05) is 36.4 Å². The molecular weight excluding hydrogens is 362 g/mol. The Morgan fingerprint density at radius 1 is 1.16 bits per heavy atom. The van der Waals surface area contributed by atoms with Gasteiger partial charge in [-0.25, -0.2) is 9.67 Å². The lowest BCUT2D eigenvalue weighted by Gasteiger charge is -2.01. The molecule has 0 saturated carbocycles. The molecule has 9 heteroatoms. The molecule has 25 heavy (non-hydrogen) atoms. The molecule has 0 saturated heterocycles. The predicted octanol–water partition coefficient (Wildman–Crippen LogP) is 3.92. The van der Waals surface area contributed by atoms with Crippen molar-refractivity contribution in [1.82, 2.24) is 25.2 Å². The van der Waals surface area contributed by atoms with Crippen LogP contribution < -0.4 is 0 Å². The third-order valence-corrected chi connectivity index (χ3v) is 4.59. The van der Waals surface area contributed by atoms with E-state index in [9.17, 15) is 0 Å². The van der Waals surface area contributed by atoms with Crippen LogP contribution in [0.1, 0.15) is 11.7 Å². The summed E-state index contributed by atoms with van der Waals surface area (Å²) in [5.41, 5.74) is 0.927. The number of hydrogen-bond acceptors (Lipinski definition) is 7. The van der Waals surface area contributed by atoms with Gasteiger partial charge in [0.2, 0.25) is 11.0 Å². The average Bonchev–Trinajstić information content (AvgIpc) is 3.36. The minimum atomic E-state index is 0.476. The van der Waals surface area contributed by atoms with Crippen molar-refractivity contribution in [1.29, 1.82) is 0 Å². The molecule has 126 valence electrons. The molecule has 3 aromatic heterocycles. The molecule has 0 amide bonds. The molecular formula is C16H12ClN5O2S. The molecule has 4 rings (SSSR count). The molecule has 0 aliphatic rings. The fraction of sp³-hybridized carbons (Fsp3) is 0.125. The number of hydrogen-bond donors (Lipinski definition) is 0. The summed E-state index contributed by atoms with van der Waals surface area (Å²) < 4.78 is 12.8. The van der Waals surface area contributed by atoms with Gasteiger partial charge in [-0.3, -0.25) is 0 Å². The van der Waals surface area contributed by atoms with E-state index in [0.717, 1.165) is 11.3 Å². The smallest absolute Gasteiger partial charge is 0.210 e. The molecule has 0 fully saturated rings. The SMILES string of the molecule is Clc1ccc(-c2cnc(CSc3nnnn3Cc3ccco3)o2)cc1. The van der Waals surface area contributed by atoms with Crippen molar-refractivity contribution in [2.24, 2.45) is 0 Å². The zero-order chi connectivity index (χ0) is 17.1. The van der Waals surface area contributed by atoms with E-state index in [1.54, 1.807) is 17.1 Å². The first-order valence-electron chi connectivity index (χ1n) is 7.40. The first-order valence-corrected chi connectivity index (χ1v) is 8.76. The Balaban J connectivity index is 1.42. The number of oxazole rings is 1. The molecule has 0 bridgehead atoms. The van der Waals surface area contributed by atoms with Gasteiger partial charge in [-0.05, 0) is 46.8 Å². The number of furan rings is 1. The average molecular weight is 374 g/mol. The summed E-state index contributed by atoms with van der Waals surface area (Å²) in [6, 6.07) is 11.1. The molecule has 0 atom stereocenters. The fourth-order valence-electron chi connectivity index (χ4n) is 2.20. The first kappa shape index (κ1) is 15.9. The van der Waals surface area contributed by atoms with Gasteiger partial charge in [-0.15, -0.1) is 5.10 Å². The summed E-state index contributed by atoms with van der Waals surface area (Å²) in [5, 5.41) is 13.1. The van der Waals surface area contributed by atoms with Gasteiger partial charge in [0.25, 0.3) is 0 Å². The number of nitrogens with zero attached hydrogens (tertiary/aromatic N) is 5. The highest BCUT2D eigenvalue weighted by molar-refractivity contribution is 7.98. The number of thioether (sulfide) groups is 1. The van der Waals surface area contributed by atoms with Gasteiger partial charge in [0.1, 0.15) is 12.3 Å². The van der Waals surface area contributed by atoms with Crippen molar-refractivity contribution >= 4 is 23.4 Å². The molecule has 0 aliphatic heterocycles. The largest absolute Gasteiger partial charge is 0.467 e. The second-order valence-corrected chi connectivity index (χ2v) is 6.49. The van der Waals surface area contributed by atoms with Crippen LogP contribution in [0.25, 0.3) is 11.3 Å². The van der Waals surface area contributed by atoms with Crippen LogP contribution >= 0.6 is 23.4 Å². The fourth-order valence-corrected chi connectivity index (χ4v) is 3.06. The van der Waals surface area contributed by atoms with Gasteiger partial charge in [-0.1, -0.05) is 23.4 Å². The van der Waals surface area contributed by atoms with E-state index >= 15 is 0 Å². The van der Waals surface area contributed by atoms with Crippen molar-refractivity contribution in [3.8, 4) is 11.3 Å². The predicted molar refractivity (Wildman–Crippen MR) is 92.1 cm³/mol. The van der Waals surface area contributed by atoms with E-state index in [2.05, 4.69) is 20.5 Å². The second-order valence-electron chi connectivity index (χ2n) is 5.11. The summed E-state index contributed by atoms with van der Waals surface area (Å²) in [4.78, 5) is 4.30. The molecule has 0 aliphatic carbocycles. The molecule has 3 heterocycles. The van der Waals surface area contributed by atoms with Crippen LogP contribution in [0.4, 0.5) is 0 Å². The summed E-state index contributed by atoms with van der Waals surface area (Å²) >= 11 is 7.35. The van der Waals surface area contributed by atoms with Crippen LogP contribution in [0.15, 0.2) is 62.8 Å². The highest BCUT2D eigenvalue weighted by atomic mass is 35.5. The van der Waals surface area contributed by atoms with Gasteiger partial charge in [0.05, 0.1) is 18.2 Å². The lowest BCUT2D eigenvalue weighted by atomic mass is 10.2. The maximum atomic E-state index is 5.90. The van der Waals surface area contributed by atoms with E-state index in [4.69, 9.17) is 20.4 Å². The lowest BCUT2D eigenvalue weighted by Crippen LogP contribution is -2.03. The highest BCUT2D eigenvalue weighted by Crippen LogP contribution is 2.25. The highest BCUT2D eigenvalue weighted by Gasteiger charge is 2.12. The minimum Gasteiger partial charge on any atom is -0.467 e. The zero-order valence-electron chi connectivity index (χ0n) is 12.9. The van der Waals surface area contributed by atoms with Gasteiger partial charge in [0, 0.05) is 10.6 Å². The lowest BCUT2D eigenvalue weighted by molar-refractivity contribution is 0.462. The molecule has 0 spiro atoms. The molecule has 0 unspecified atom stereocenters. The van der Waals surface area contributed by atoms with Crippen LogP contribution in [0, 0.1) is 0 Å². The van der Waals surface area contributed by atoms with Crippen LogP contribution in [0.2, 0.25) is 5.02 Å². The maximum absolute atomic E-state index is 5.90. The van der Waals surface area contributed by atoms with Crippen molar-refractivity contribution in [2.45, 2.75) is 17.5 Å². The number of halogens is 1. The Kier molecular flexibility index (Phi) is 4.53. The summed E-state index contributed by atoms with van der Waals surface area (Å²) in [5.74, 6) is 2.60.